The molecule has 0 amide bonds. The minimum atomic E-state index is -4.01. The van der Waals surface area contributed by atoms with Gasteiger partial charge >= 0.3 is 11.9 Å². The van der Waals surface area contributed by atoms with Crippen LogP contribution in [0.15, 0.2) is 89.8 Å². The molecule has 0 spiro atoms. The lowest BCUT2D eigenvalue weighted by atomic mass is 10.1. The summed E-state index contributed by atoms with van der Waals surface area (Å²) < 4.78 is 38.7. The first-order chi connectivity index (χ1) is 16.3. The number of benzene rings is 3. The van der Waals surface area contributed by atoms with Crippen LogP contribution in [-0.2, 0) is 42.3 Å². The van der Waals surface area contributed by atoms with Gasteiger partial charge in [0.05, 0.1) is 4.90 Å². The third-order valence-electron chi connectivity index (χ3n) is 5.02. The average molecular weight is 482 g/mol. The van der Waals surface area contributed by atoms with E-state index in [2.05, 4.69) is 4.72 Å². The van der Waals surface area contributed by atoms with Crippen LogP contribution in [-0.4, -0.2) is 26.4 Å². The van der Waals surface area contributed by atoms with Gasteiger partial charge < -0.3 is 9.47 Å². The third-order valence-corrected chi connectivity index (χ3v) is 6.50. The standard InChI is InChI=1S/C26H27NO6S/c1-20-12-14-23(15-13-20)34(30,31)27-24(26(29)33-19-22-10-6-3-7-11-22)16-17-25(28)32-18-21-8-4-2-5-9-21/h2-15,24,27H,16-19H2,1H3/t24-/m0/s1. The van der Waals surface area contributed by atoms with Crippen LogP contribution < -0.4 is 4.72 Å². The number of carbonyl (C=O) groups is 2. The summed E-state index contributed by atoms with van der Waals surface area (Å²) >= 11 is 0. The molecule has 3 rings (SSSR count). The van der Waals surface area contributed by atoms with Crippen LogP contribution >= 0.6 is 0 Å². The summed E-state index contributed by atoms with van der Waals surface area (Å²) in [6.45, 7) is 1.92. The van der Waals surface area contributed by atoms with Crippen molar-refractivity contribution in [2.24, 2.45) is 0 Å². The second kappa shape index (κ2) is 12.1. The normalized spacial score (nSPS) is 12.0. The highest BCUT2D eigenvalue weighted by molar-refractivity contribution is 7.89. The second-order valence-corrected chi connectivity index (χ2v) is 9.48. The van der Waals surface area contributed by atoms with Crippen molar-refractivity contribution in [3.05, 3.63) is 102 Å². The van der Waals surface area contributed by atoms with E-state index in [4.69, 9.17) is 9.47 Å². The van der Waals surface area contributed by atoms with E-state index < -0.39 is 28.0 Å². The highest BCUT2D eigenvalue weighted by Crippen LogP contribution is 2.14. The van der Waals surface area contributed by atoms with Gasteiger partial charge in [0, 0.05) is 6.42 Å². The summed E-state index contributed by atoms with van der Waals surface area (Å²) in [5, 5.41) is 0. The molecule has 7 nitrogen and oxygen atoms in total. The second-order valence-electron chi connectivity index (χ2n) is 7.77. The molecule has 3 aromatic carbocycles. The number of nitrogens with one attached hydrogen (secondary N) is 1. The van der Waals surface area contributed by atoms with E-state index in [0.717, 1.165) is 16.7 Å². The van der Waals surface area contributed by atoms with Gasteiger partial charge in [0.15, 0.2) is 0 Å². The van der Waals surface area contributed by atoms with Crippen molar-refractivity contribution in [2.75, 3.05) is 0 Å². The topological polar surface area (TPSA) is 98.8 Å². The van der Waals surface area contributed by atoms with Gasteiger partial charge in [0.25, 0.3) is 0 Å². The quantitative estimate of drug-likeness (QED) is 0.417. The van der Waals surface area contributed by atoms with Crippen molar-refractivity contribution < 1.29 is 27.5 Å². The van der Waals surface area contributed by atoms with Gasteiger partial charge in [-0.15, -0.1) is 0 Å². The molecule has 0 aliphatic rings. The number of hydrogen-bond donors (Lipinski definition) is 1. The number of aryl methyl sites for hydroxylation is 1. The Labute approximate surface area is 199 Å². The lowest BCUT2D eigenvalue weighted by Gasteiger charge is -2.18. The van der Waals surface area contributed by atoms with Crippen molar-refractivity contribution in [2.45, 2.75) is 43.9 Å². The van der Waals surface area contributed by atoms with Gasteiger partial charge in [0.2, 0.25) is 10.0 Å². The molecule has 0 aliphatic carbocycles. The molecule has 0 fully saturated rings. The van der Waals surface area contributed by atoms with E-state index in [9.17, 15) is 18.0 Å². The first kappa shape index (κ1) is 25.1. The van der Waals surface area contributed by atoms with Gasteiger partial charge in [-0.3, -0.25) is 9.59 Å². The lowest BCUT2D eigenvalue weighted by molar-refractivity contribution is -0.148. The summed E-state index contributed by atoms with van der Waals surface area (Å²) in [4.78, 5) is 25.0. The van der Waals surface area contributed by atoms with Crippen molar-refractivity contribution in [3.8, 4) is 0 Å². The number of sulfonamides is 1. The Balaban J connectivity index is 1.65. The molecule has 0 bridgehead atoms. The third kappa shape index (κ3) is 7.83. The molecule has 0 heterocycles. The Morgan fingerprint density at radius 3 is 1.88 bits per heavy atom. The molecule has 3 aromatic rings. The minimum Gasteiger partial charge on any atom is -0.461 e. The van der Waals surface area contributed by atoms with E-state index in [1.165, 1.54) is 12.1 Å². The molecule has 0 saturated carbocycles. The van der Waals surface area contributed by atoms with E-state index in [-0.39, 0.29) is 31.0 Å². The predicted molar refractivity (Wildman–Crippen MR) is 127 cm³/mol. The molecule has 8 heteroatoms. The zero-order valence-corrected chi connectivity index (χ0v) is 19.7. The highest BCUT2D eigenvalue weighted by Gasteiger charge is 2.28. The smallest absolute Gasteiger partial charge is 0.324 e. The maximum Gasteiger partial charge on any atom is 0.324 e. The Bertz CT molecular complexity index is 1180. The molecule has 1 atom stereocenters. The Kier molecular flexibility index (Phi) is 8.95. The molecule has 0 unspecified atom stereocenters. The maximum absolute atomic E-state index is 12.9. The van der Waals surface area contributed by atoms with Crippen LogP contribution in [0.1, 0.15) is 29.5 Å². The van der Waals surface area contributed by atoms with Gasteiger partial charge in [-0.05, 0) is 36.6 Å². The summed E-state index contributed by atoms with van der Waals surface area (Å²) in [6, 6.07) is 23.2. The molecule has 0 aliphatic heterocycles. The number of hydrogen-bond acceptors (Lipinski definition) is 6. The fraction of sp³-hybridized carbons (Fsp3) is 0.231. The summed E-state index contributed by atoms with van der Waals surface area (Å²) in [5.41, 5.74) is 2.49. The molecule has 0 radical (unpaired) electrons. The summed E-state index contributed by atoms with van der Waals surface area (Å²) in [7, 11) is -4.01. The Hall–Kier alpha value is -3.49. The summed E-state index contributed by atoms with van der Waals surface area (Å²) in [6.07, 6.45) is -0.263. The van der Waals surface area contributed by atoms with E-state index >= 15 is 0 Å². The Morgan fingerprint density at radius 1 is 0.794 bits per heavy atom. The SMILES string of the molecule is Cc1ccc(S(=O)(=O)N[C@@H](CCC(=O)OCc2ccccc2)C(=O)OCc2ccccc2)cc1. The number of rotatable bonds is 11. The van der Waals surface area contributed by atoms with Crippen LogP contribution in [0.25, 0.3) is 0 Å². The molecular weight excluding hydrogens is 454 g/mol. The van der Waals surface area contributed by atoms with Crippen LogP contribution in [0, 0.1) is 6.92 Å². The van der Waals surface area contributed by atoms with Gasteiger partial charge in [0.1, 0.15) is 19.3 Å². The van der Waals surface area contributed by atoms with Gasteiger partial charge in [-0.2, -0.15) is 4.72 Å². The lowest BCUT2D eigenvalue weighted by Crippen LogP contribution is -2.42. The summed E-state index contributed by atoms with van der Waals surface area (Å²) in [5.74, 6) is -1.31. The first-order valence-corrected chi connectivity index (χ1v) is 12.3. The van der Waals surface area contributed by atoms with Crippen molar-refractivity contribution >= 4 is 22.0 Å². The predicted octanol–water partition coefficient (Wildman–Crippen LogP) is 3.91. The van der Waals surface area contributed by atoms with E-state index in [1.54, 1.807) is 24.3 Å². The van der Waals surface area contributed by atoms with Gasteiger partial charge in [-0.1, -0.05) is 78.4 Å². The van der Waals surface area contributed by atoms with Crippen LogP contribution in [0.2, 0.25) is 0 Å². The average Bonchev–Trinajstić information content (AvgIpc) is 2.85. The van der Waals surface area contributed by atoms with Crippen LogP contribution in [0.4, 0.5) is 0 Å². The van der Waals surface area contributed by atoms with Crippen molar-refractivity contribution in [3.63, 3.8) is 0 Å². The van der Waals surface area contributed by atoms with Crippen molar-refractivity contribution in [1.29, 1.82) is 0 Å². The monoisotopic (exact) mass is 481 g/mol. The minimum absolute atomic E-state index is 0.0130. The molecule has 178 valence electrons. The fourth-order valence-corrected chi connectivity index (χ4v) is 4.32. The number of carbonyl (C=O) groups excluding carboxylic acids is 2. The van der Waals surface area contributed by atoms with E-state index in [0.29, 0.717) is 0 Å². The maximum atomic E-state index is 12.9. The molecule has 1 N–H and O–H groups in total. The first-order valence-electron chi connectivity index (χ1n) is 10.8. The number of esters is 2. The highest BCUT2D eigenvalue weighted by atomic mass is 32.2. The van der Waals surface area contributed by atoms with Crippen molar-refractivity contribution in [1.82, 2.24) is 4.72 Å². The van der Waals surface area contributed by atoms with Gasteiger partial charge in [-0.25, -0.2) is 8.42 Å². The van der Waals surface area contributed by atoms with E-state index in [1.807, 2.05) is 55.5 Å². The Morgan fingerprint density at radius 2 is 1.32 bits per heavy atom. The molecule has 34 heavy (non-hydrogen) atoms. The molecule has 0 saturated heterocycles. The fourth-order valence-electron chi connectivity index (χ4n) is 3.10. The van der Waals surface area contributed by atoms with Crippen LogP contribution in [0.5, 0.6) is 0 Å². The van der Waals surface area contributed by atoms with Crippen LogP contribution in [0.3, 0.4) is 0 Å². The molecular formula is C26H27NO6S. The zero-order valence-electron chi connectivity index (χ0n) is 18.8. The molecule has 0 aromatic heterocycles. The zero-order chi connectivity index (χ0) is 24.4. The largest absolute Gasteiger partial charge is 0.461 e. The number of ether oxygens (including phenoxy) is 2.